The Kier molecular flexibility index (Phi) is 5.31. The van der Waals surface area contributed by atoms with Crippen molar-refractivity contribution in [1.29, 1.82) is 0 Å². The number of nitro groups is 1. The number of ether oxygens (including phenoxy) is 2. The van der Waals surface area contributed by atoms with Gasteiger partial charge in [0.2, 0.25) is 5.91 Å². The SMILES string of the molecule is COc1cc2c(cc1NCC(=O)Nc1cc([N+](=O)[O-])ccc1OC)oc1ccccc12. The third kappa shape index (κ3) is 3.93. The molecule has 3 aromatic carbocycles. The number of anilines is 2. The van der Waals surface area contributed by atoms with Crippen LogP contribution in [-0.2, 0) is 4.79 Å². The lowest BCUT2D eigenvalue weighted by atomic mass is 10.1. The lowest BCUT2D eigenvalue weighted by Crippen LogP contribution is -2.22. The number of hydrogen-bond acceptors (Lipinski definition) is 7. The van der Waals surface area contributed by atoms with Gasteiger partial charge in [-0.2, -0.15) is 0 Å². The minimum absolute atomic E-state index is 0.103. The molecule has 0 aliphatic rings. The Morgan fingerprint density at radius 1 is 0.968 bits per heavy atom. The molecule has 9 nitrogen and oxygen atoms in total. The second-order valence-electron chi connectivity index (χ2n) is 6.69. The van der Waals surface area contributed by atoms with Crippen molar-refractivity contribution in [2.24, 2.45) is 0 Å². The van der Waals surface area contributed by atoms with Crippen LogP contribution < -0.4 is 20.1 Å². The molecule has 0 aliphatic heterocycles. The van der Waals surface area contributed by atoms with Crippen LogP contribution in [-0.4, -0.2) is 31.6 Å². The monoisotopic (exact) mass is 421 g/mol. The van der Waals surface area contributed by atoms with Crippen LogP contribution in [0.4, 0.5) is 17.1 Å². The lowest BCUT2D eigenvalue weighted by molar-refractivity contribution is -0.384. The van der Waals surface area contributed by atoms with Crippen LogP contribution in [0.1, 0.15) is 0 Å². The highest BCUT2D eigenvalue weighted by Gasteiger charge is 2.15. The van der Waals surface area contributed by atoms with Gasteiger partial charge in [-0.15, -0.1) is 0 Å². The molecule has 9 heteroatoms. The number of rotatable bonds is 7. The van der Waals surface area contributed by atoms with E-state index in [1.165, 1.54) is 25.3 Å². The maximum absolute atomic E-state index is 12.5. The fraction of sp³-hybridized carbons (Fsp3) is 0.136. The van der Waals surface area contributed by atoms with E-state index in [1.54, 1.807) is 13.2 Å². The Morgan fingerprint density at radius 2 is 1.74 bits per heavy atom. The van der Waals surface area contributed by atoms with E-state index in [-0.39, 0.29) is 17.9 Å². The maximum Gasteiger partial charge on any atom is 0.271 e. The van der Waals surface area contributed by atoms with E-state index in [0.29, 0.717) is 22.8 Å². The van der Waals surface area contributed by atoms with Gasteiger partial charge in [-0.3, -0.25) is 14.9 Å². The van der Waals surface area contributed by atoms with Gasteiger partial charge in [0.1, 0.15) is 22.7 Å². The fourth-order valence-electron chi connectivity index (χ4n) is 3.34. The van der Waals surface area contributed by atoms with Gasteiger partial charge in [-0.1, -0.05) is 18.2 Å². The second kappa shape index (κ2) is 8.23. The van der Waals surface area contributed by atoms with E-state index >= 15 is 0 Å². The molecule has 0 bridgehead atoms. The van der Waals surface area contributed by atoms with Crippen molar-refractivity contribution in [1.82, 2.24) is 0 Å². The topological polar surface area (TPSA) is 116 Å². The molecular weight excluding hydrogens is 402 g/mol. The van der Waals surface area contributed by atoms with Crippen LogP contribution in [0.3, 0.4) is 0 Å². The fourth-order valence-corrected chi connectivity index (χ4v) is 3.34. The lowest BCUT2D eigenvalue weighted by Gasteiger charge is -2.13. The Balaban J connectivity index is 1.55. The summed E-state index contributed by atoms with van der Waals surface area (Å²) in [5, 5.41) is 18.5. The predicted octanol–water partition coefficient (Wildman–Crippen LogP) is 4.56. The van der Waals surface area contributed by atoms with Crippen LogP contribution >= 0.6 is 0 Å². The number of carbonyl (C=O) groups is 1. The van der Waals surface area contributed by atoms with Crippen LogP contribution in [0.15, 0.2) is 59.0 Å². The van der Waals surface area contributed by atoms with Crippen LogP contribution in [0, 0.1) is 10.1 Å². The summed E-state index contributed by atoms with van der Waals surface area (Å²) >= 11 is 0. The van der Waals surface area contributed by atoms with Crippen LogP contribution in [0.2, 0.25) is 0 Å². The zero-order valence-electron chi connectivity index (χ0n) is 16.8. The van der Waals surface area contributed by atoms with Crippen molar-refractivity contribution in [3.63, 3.8) is 0 Å². The highest BCUT2D eigenvalue weighted by atomic mass is 16.6. The van der Waals surface area contributed by atoms with Crippen molar-refractivity contribution in [2.75, 3.05) is 31.4 Å². The average molecular weight is 421 g/mol. The van der Waals surface area contributed by atoms with E-state index in [2.05, 4.69) is 10.6 Å². The summed E-state index contributed by atoms with van der Waals surface area (Å²) in [6.45, 7) is -0.103. The van der Waals surface area contributed by atoms with Crippen molar-refractivity contribution in [2.45, 2.75) is 0 Å². The van der Waals surface area contributed by atoms with E-state index in [4.69, 9.17) is 13.9 Å². The first kappa shape index (κ1) is 20.0. The number of nitrogens with one attached hydrogen (secondary N) is 2. The molecule has 0 aliphatic carbocycles. The van der Waals surface area contributed by atoms with Crippen molar-refractivity contribution < 1.29 is 23.6 Å². The number of carbonyl (C=O) groups excluding carboxylic acids is 1. The molecular formula is C22H19N3O6. The zero-order valence-corrected chi connectivity index (χ0v) is 16.8. The number of methoxy groups -OCH3 is 2. The molecule has 1 heterocycles. The minimum atomic E-state index is -0.541. The average Bonchev–Trinajstić information content (AvgIpc) is 3.14. The van der Waals surface area contributed by atoms with Gasteiger partial charge in [0.25, 0.3) is 5.69 Å². The van der Waals surface area contributed by atoms with E-state index in [0.717, 1.165) is 16.4 Å². The molecule has 0 spiro atoms. The number of amides is 1. The summed E-state index contributed by atoms with van der Waals surface area (Å²) in [5.41, 5.74) is 2.05. The van der Waals surface area contributed by atoms with E-state index in [9.17, 15) is 14.9 Å². The first-order valence-electron chi connectivity index (χ1n) is 9.35. The van der Waals surface area contributed by atoms with Crippen molar-refractivity contribution in [3.05, 3.63) is 64.7 Å². The van der Waals surface area contributed by atoms with Gasteiger partial charge in [-0.25, -0.2) is 0 Å². The molecule has 0 atom stereocenters. The van der Waals surface area contributed by atoms with E-state index in [1.807, 2.05) is 30.3 Å². The first-order chi connectivity index (χ1) is 15.0. The third-order valence-corrected chi connectivity index (χ3v) is 4.81. The predicted molar refractivity (Wildman–Crippen MR) is 117 cm³/mol. The standard InChI is InChI=1S/C22H19N3O6/c1-29-19-8-7-13(25(27)28)9-17(19)24-22(26)12-23-16-11-20-15(10-21(16)30-2)14-5-3-4-6-18(14)31-20/h3-11,23H,12H2,1-2H3,(H,24,26). The Morgan fingerprint density at radius 3 is 2.48 bits per heavy atom. The van der Waals surface area contributed by atoms with E-state index < -0.39 is 10.8 Å². The van der Waals surface area contributed by atoms with Crippen LogP contribution in [0.5, 0.6) is 11.5 Å². The maximum atomic E-state index is 12.5. The van der Waals surface area contributed by atoms with Gasteiger partial charge >= 0.3 is 0 Å². The van der Waals surface area contributed by atoms with Gasteiger partial charge in [0, 0.05) is 29.0 Å². The Bertz CT molecular complexity index is 1300. The highest BCUT2D eigenvalue weighted by molar-refractivity contribution is 6.07. The summed E-state index contributed by atoms with van der Waals surface area (Å²) in [5.74, 6) is 0.463. The molecule has 4 rings (SSSR count). The number of hydrogen-bond donors (Lipinski definition) is 2. The number of benzene rings is 3. The molecule has 1 aromatic heterocycles. The molecule has 0 unspecified atom stereocenters. The summed E-state index contributed by atoms with van der Waals surface area (Å²) < 4.78 is 16.5. The minimum Gasteiger partial charge on any atom is -0.495 e. The van der Waals surface area contributed by atoms with Gasteiger partial charge in [0.05, 0.1) is 37.1 Å². The van der Waals surface area contributed by atoms with Crippen molar-refractivity contribution in [3.8, 4) is 11.5 Å². The Hall–Kier alpha value is -4.27. The molecule has 0 fully saturated rings. The second-order valence-corrected chi connectivity index (χ2v) is 6.69. The zero-order chi connectivity index (χ0) is 22.0. The summed E-state index contributed by atoms with van der Waals surface area (Å²) in [6.07, 6.45) is 0. The highest BCUT2D eigenvalue weighted by Crippen LogP contribution is 2.36. The molecule has 31 heavy (non-hydrogen) atoms. The smallest absolute Gasteiger partial charge is 0.271 e. The molecule has 0 radical (unpaired) electrons. The number of non-ortho nitro benzene ring substituents is 1. The molecule has 2 N–H and O–H groups in total. The molecule has 0 saturated heterocycles. The Labute approximate surface area is 176 Å². The number of nitrogens with zero attached hydrogens (tertiary/aromatic N) is 1. The molecule has 4 aromatic rings. The first-order valence-corrected chi connectivity index (χ1v) is 9.35. The number of nitro benzene ring substituents is 1. The normalized spacial score (nSPS) is 10.8. The van der Waals surface area contributed by atoms with Crippen LogP contribution in [0.25, 0.3) is 21.9 Å². The summed E-state index contributed by atoms with van der Waals surface area (Å²) in [7, 11) is 2.96. The number of para-hydroxylation sites is 1. The summed E-state index contributed by atoms with van der Waals surface area (Å²) in [4.78, 5) is 22.9. The quantitative estimate of drug-likeness (QED) is 0.332. The van der Waals surface area contributed by atoms with Gasteiger partial charge in [-0.05, 0) is 18.2 Å². The van der Waals surface area contributed by atoms with Crippen molar-refractivity contribution >= 4 is 44.9 Å². The largest absolute Gasteiger partial charge is 0.495 e. The molecule has 158 valence electrons. The summed E-state index contributed by atoms with van der Waals surface area (Å²) in [6, 6.07) is 15.3. The van der Waals surface area contributed by atoms with Gasteiger partial charge < -0.3 is 24.5 Å². The third-order valence-electron chi connectivity index (χ3n) is 4.81. The molecule has 1 amide bonds. The van der Waals surface area contributed by atoms with Gasteiger partial charge in [0.15, 0.2) is 0 Å². The number of furan rings is 1. The number of fused-ring (bicyclic) bond motifs is 3. The molecule has 0 saturated carbocycles.